The molecule has 2 rings (SSSR count). The van der Waals surface area contributed by atoms with Crippen molar-refractivity contribution < 1.29 is 13.6 Å². The highest BCUT2D eigenvalue weighted by Crippen LogP contribution is 2.29. The second kappa shape index (κ2) is 5.88. The number of amidine groups is 1. The molecule has 0 heterocycles. The number of nitrogens with two attached hydrogens (primary N) is 1. The fraction of sp³-hybridized carbons (Fsp3) is 0.417. The van der Waals surface area contributed by atoms with Crippen LogP contribution in [0.15, 0.2) is 23.4 Å². The van der Waals surface area contributed by atoms with Gasteiger partial charge in [0.05, 0.1) is 16.0 Å². The molecule has 1 aromatic rings. The number of benzene rings is 1. The van der Waals surface area contributed by atoms with Crippen LogP contribution >= 0.6 is 11.6 Å². The van der Waals surface area contributed by atoms with E-state index in [0.29, 0.717) is 18.4 Å². The maximum atomic E-state index is 12.2. The topological polar surface area (TPSA) is 105 Å². The first kappa shape index (κ1) is 14.9. The molecule has 1 saturated carbocycles. The molecule has 0 unspecified atom stereocenters. The van der Waals surface area contributed by atoms with Crippen molar-refractivity contribution in [2.45, 2.75) is 30.9 Å². The van der Waals surface area contributed by atoms with Crippen molar-refractivity contribution in [3.63, 3.8) is 0 Å². The van der Waals surface area contributed by atoms with Crippen LogP contribution in [-0.4, -0.2) is 24.7 Å². The van der Waals surface area contributed by atoms with Crippen molar-refractivity contribution in [3.05, 3.63) is 28.8 Å². The highest BCUT2D eigenvalue weighted by molar-refractivity contribution is 7.93. The van der Waals surface area contributed by atoms with E-state index in [1.54, 1.807) is 6.07 Å². The summed E-state index contributed by atoms with van der Waals surface area (Å²) in [6.07, 6.45) is 3.16. The lowest BCUT2D eigenvalue weighted by Gasteiger charge is -2.15. The number of nitrogens with zero attached hydrogens (tertiary/aromatic N) is 1. The van der Waals surface area contributed by atoms with E-state index in [4.69, 9.17) is 22.5 Å². The number of halogens is 1. The van der Waals surface area contributed by atoms with Crippen molar-refractivity contribution in [2.75, 3.05) is 4.72 Å². The monoisotopic (exact) mass is 317 g/mol. The van der Waals surface area contributed by atoms with Crippen LogP contribution in [0.25, 0.3) is 0 Å². The molecule has 110 valence electrons. The Hall–Kier alpha value is -1.47. The predicted molar refractivity (Wildman–Crippen MR) is 78.8 cm³/mol. The first-order valence-electron chi connectivity index (χ1n) is 6.23. The number of nitrogens with one attached hydrogen (secondary N) is 1. The predicted octanol–water partition coefficient (Wildman–Crippen LogP) is 2.12. The molecule has 0 amide bonds. The Balaban J connectivity index is 2.28. The third kappa shape index (κ3) is 3.16. The lowest BCUT2D eigenvalue weighted by molar-refractivity contribution is 0.318. The lowest BCUT2D eigenvalue weighted by atomic mass is 10.2. The van der Waals surface area contributed by atoms with Gasteiger partial charge in [0.25, 0.3) is 0 Å². The first-order chi connectivity index (χ1) is 9.44. The van der Waals surface area contributed by atoms with E-state index in [0.717, 1.165) is 12.8 Å². The molecular formula is C12H16ClN3O3S. The number of sulfonamides is 1. The fourth-order valence-corrected chi connectivity index (χ4v) is 4.07. The minimum Gasteiger partial charge on any atom is -0.409 e. The van der Waals surface area contributed by atoms with Gasteiger partial charge >= 0.3 is 0 Å². The van der Waals surface area contributed by atoms with Gasteiger partial charge in [0.15, 0.2) is 5.84 Å². The zero-order valence-corrected chi connectivity index (χ0v) is 12.3. The van der Waals surface area contributed by atoms with Gasteiger partial charge in [0.2, 0.25) is 10.0 Å². The highest BCUT2D eigenvalue weighted by Gasteiger charge is 2.29. The summed E-state index contributed by atoms with van der Waals surface area (Å²) < 4.78 is 26.9. The van der Waals surface area contributed by atoms with Gasteiger partial charge in [0.1, 0.15) is 0 Å². The maximum absolute atomic E-state index is 12.2. The van der Waals surface area contributed by atoms with Gasteiger partial charge in [-0.05, 0) is 31.0 Å². The largest absolute Gasteiger partial charge is 0.409 e. The van der Waals surface area contributed by atoms with Crippen LogP contribution in [0.3, 0.4) is 0 Å². The van der Waals surface area contributed by atoms with Gasteiger partial charge < -0.3 is 10.9 Å². The van der Waals surface area contributed by atoms with E-state index >= 15 is 0 Å². The molecule has 8 heteroatoms. The highest BCUT2D eigenvalue weighted by atomic mass is 35.5. The second-order valence-corrected chi connectivity index (χ2v) is 7.10. The van der Waals surface area contributed by atoms with Crippen LogP contribution in [0.2, 0.25) is 5.02 Å². The Morgan fingerprint density at radius 2 is 2.05 bits per heavy atom. The van der Waals surface area contributed by atoms with Crippen molar-refractivity contribution in [3.8, 4) is 0 Å². The molecule has 20 heavy (non-hydrogen) atoms. The van der Waals surface area contributed by atoms with Crippen LogP contribution in [0, 0.1) is 0 Å². The summed E-state index contributed by atoms with van der Waals surface area (Å²) in [5, 5.41) is 11.4. The van der Waals surface area contributed by atoms with Gasteiger partial charge in [-0.1, -0.05) is 29.6 Å². The van der Waals surface area contributed by atoms with Crippen LogP contribution in [0.4, 0.5) is 5.69 Å². The van der Waals surface area contributed by atoms with Gasteiger partial charge in [-0.2, -0.15) is 0 Å². The third-order valence-corrected chi connectivity index (χ3v) is 5.55. The molecule has 1 fully saturated rings. The van der Waals surface area contributed by atoms with E-state index in [2.05, 4.69) is 9.88 Å². The standard InChI is InChI=1S/C12H16ClN3O3S/c13-10-6-5-8(12(14)15-17)7-11(10)16-20(18,19)9-3-1-2-4-9/h5-7,9,16-17H,1-4H2,(H2,14,15). The van der Waals surface area contributed by atoms with Crippen molar-refractivity contribution >= 4 is 33.1 Å². The number of anilines is 1. The lowest BCUT2D eigenvalue weighted by Crippen LogP contribution is -2.25. The maximum Gasteiger partial charge on any atom is 0.235 e. The van der Waals surface area contributed by atoms with Crippen molar-refractivity contribution in [1.29, 1.82) is 0 Å². The molecule has 0 aliphatic heterocycles. The second-order valence-electron chi connectivity index (χ2n) is 4.73. The molecule has 0 atom stereocenters. The van der Waals surface area contributed by atoms with Crippen LogP contribution in [0.5, 0.6) is 0 Å². The zero-order chi connectivity index (χ0) is 14.8. The van der Waals surface area contributed by atoms with Gasteiger partial charge in [-0.15, -0.1) is 0 Å². The Morgan fingerprint density at radius 3 is 2.65 bits per heavy atom. The molecule has 6 nitrogen and oxygen atoms in total. The summed E-state index contributed by atoms with van der Waals surface area (Å²) in [6.45, 7) is 0. The molecule has 0 saturated heterocycles. The first-order valence-corrected chi connectivity index (χ1v) is 8.15. The number of rotatable bonds is 4. The summed E-state index contributed by atoms with van der Waals surface area (Å²) in [5.41, 5.74) is 6.11. The smallest absolute Gasteiger partial charge is 0.235 e. The zero-order valence-electron chi connectivity index (χ0n) is 10.7. The molecule has 0 spiro atoms. The summed E-state index contributed by atoms with van der Waals surface area (Å²) in [6, 6.07) is 4.50. The van der Waals surface area contributed by atoms with E-state index in [9.17, 15) is 8.42 Å². The fourth-order valence-electron chi connectivity index (χ4n) is 2.26. The molecule has 1 aromatic carbocycles. The van der Waals surface area contributed by atoms with Crippen LogP contribution in [0.1, 0.15) is 31.2 Å². The van der Waals surface area contributed by atoms with E-state index < -0.39 is 10.0 Å². The van der Waals surface area contributed by atoms with E-state index in [-0.39, 0.29) is 21.8 Å². The number of hydrogen-bond donors (Lipinski definition) is 3. The molecule has 0 bridgehead atoms. The summed E-state index contributed by atoms with van der Waals surface area (Å²) in [5.74, 6) is -0.108. The Kier molecular flexibility index (Phi) is 4.39. The molecule has 1 aliphatic rings. The van der Waals surface area contributed by atoms with Gasteiger partial charge in [-0.25, -0.2) is 8.42 Å². The summed E-state index contributed by atoms with van der Waals surface area (Å²) in [7, 11) is -3.46. The van der Waals surface area contributed by atoms with Gasteiger partial charge in [0, 0.05) is 5.56 Å². The van der Waals surface area contributed by atoms with Crippen LogP contribution in [-0.2, 0) is 10.0 Å². The number of hydrogen-bond acceptors (Lipinski definition) is 4. The minimum absolute atomic E-state index is 0.108. The summed E-state index contributed by atoms with van der Waals surface area (Å²) >= 11 is 5.99. The molecule has 4 N–H and O–H groups in total. The Bertz CT molecular complexity index is 625. The van der Waals surface area contributed by atoms with E-state index in [1.165, 1.54) is 12.1 Å². The van der Waals surface area contributed by atoms with Crippen molar-refractivity contribution in [2.24, 2.45) is 10.9 Å². The average molecular weight is 318 g/mol. The Morgan fingerprint density at radius 1 is 1.40 bits per heavy atom. The Labute approximate surface area is 122 Å². The normalized spacial score (nSPS) is 17.4. The van der Waals surface area contributed by atoms with E-state index in [1.807, 2.05) is 0 Å². The molecule has 1 aliphatic carbocycles. The molecule has 0 aromatic heterocycles. The molecular weight excluding hydrogens is 302 g/mol. The third-order valence-electron chi connectivity index (χ3n) is 3.36. The molecule has 0 radical (unpaired) electrons. The summed E-state index contributed by atoms with van der Waals surface area (Å²) in [4.78, 5) is 0. The quantitative estimate of drug-likeness (QED) is 0.342. The minimum atomic E-state index is -3.46. The SMILES string of the molecule is N/C(=N/O)c1ccc(Cl)c(NS(=O)(=O)C2CCCC2)c1. The van der Waals surface area contributed by atoms with Crippen molar-refractivity contribution in [1.82, 2.24) is 0 Å². The van der Waals surface area contributed by atoms with Crippen LogP contribution < -0.4 is 10.5 Å². The van der Waals surface area contributed by atoms with Gasteiger partial charge in [-0.3, -0.25) is 4.72 Å². The average Bonchev–Trinajstić information content (AvgIpc) is 2.95. The number of oxime groups is 1.